The van der Waals surface area contributed by atoms with Gasteiger partial charge in [0.15, 0.2) is 11.6 Å². The van der Waals surface area contributed by atoms with E-state index in [-0.39, 0.29) is 0 Å². The molecule has 4 rings (SSSR count). The lowest BCUT2D eigenvalue weighted by Gasteiger charge is -2.07. The molecule has 0 unspecified atom stereocenters. The summed E-state index contributed by atoms with van der Waals surface area (Å²) in [5.74, 6) is 9.73. The van der Waals surface area contributed by atoms with Gasteiger partial charge >= 0.3 is 0 Å². The number of nitrogens with zero attached hydrogens (tertiary/aromatic N) is 4. The molecule has 0 saturated carbocycles. The van der Waals surface area contributed by atoms with E-state index in [2.05, 4.69) is 15.2 Å². The molecule has 0 amide bonds. The maximum Gasteiger partial charge on any atom is 0.263 e. The first-order chi connectivity index (χ1) is 13.2. The van der Waals surface area contributed by atoms with Crippen LogP contribution in [0.15, 0.2) is 56.7 Å². The lowest BCUT2D eigenvalue weighted by Crippen LogP contribution is -2.12. The zero-order valence-electron chi connectivity index (χ0n) is 14.7. The minimum atomic E-state index is 0.456. The molecule has 1 aromatic carbocycles. The van der Waals surface area contributed by atoms with E-state index in [0.29, 0.717) is 34.1 Å². The van der Waals surface area contributed by atoms with Crippen molar-refractivity contribution < 1.29 is 13.6 Å². The minimum absolute atomic E-state index is 0.456. The van der Waals surface area contributed by atoms with Gasteiger partial charge in [-0.25, -0.2) is 9.66 Å². The van der Waals surface area contributed by atoms with Gasteiger partial charge in [0.2, 0.25) is 5.16 Å². The molecule has 138 valence electrons. The average molecular weight is 383 g/mol. The third-order valence-corrected chi connectivity index (χ3v) is 4.93. The molecule has 0 aliphatic heterocycles. The van der Waals surface area contributed by atoms with Crippen LogP contribution in [0.1, 0.15) is 11.5 Å². The molecule has 0 saturated heterocycles. The number of aryl methyl sites for hydroxylation is 1. The van der Waals surface area contributed by atoms with Gasteiger partial charge in [0.25, 0.3) is 5.89 Å². The van der Waals surface area contributed by atoms with Gasteiger partial charge in [-0.1, -0.05) is 23.9 Å². The Kier molecular flexibility index (Phi) is 4.59. The van der Waals surface area contributed by atoms with Crippen molar-refractivity contribution in [1.29, 1.82) is 0 Å². The lowest BCUT2D eigenvalue weighted by atomic mass is 10.2. The molecule has 9 heteroatoms. The molecule has 27 heavy (non-hydrogen) atoms. The van der Waals surface area contributed by atoms with Crippen molar-refractivity contribution in [3.05, 3.63) is 54.1 Å². The summed E-state index contributed by atoms with van der Waals surface area (Å²) in [7, 11) is 1.61. The third kappa shape index (κ3) is 3.28. The standard InChI is InChI=1S/C18H17N5O3S/c1-11-13(20-17(26-11)15-8-5-9-25-15)10-27-18-22-21-16(23(18)19)12-6-3-4-7-14(12)24-2/h3-9H,10,19H2,1-2H3. The zero-order valence-corrected chi connectivity index (χ0v) is 15.6. The molecule has 0 aliphatic carbocycles. The maximum atomic E-state index is 6.20. The van der Waals surface area contributed by atoms with E-state index >= 15 is 0 Å². The Morgan fingerprint density at radius 3 is 2.81 bits per heavy atom. The topological polar surface area (TPSA) is 105 Å². The number of thioether (sulfide) groups is 1. The van der Waals surface area contributed by atoms with E-state index in [1.165, 1.54) is 16.4 Å². The van der Waals surface area contributed by atoms with E-state index in [1.54, 1.807) is 25.5 Å². The van der Waals surface area contributed by atoms with Gasteiger partial charge in [-0.05, 0) is 31.2 Å². The van der Waals surface area contributed by atoms with Crippen LogP contribution in [0.3, 0.4) is 0 Å². The molecular weight excluding hydrogens is 366 g/mol. The summed E-state index contributed by atoms with van der Waals surface area (Å²) in [5, 5.41) is 8.96. The maximum absolute atomic E-state index is 6.20. The van der Waals surface area contributed by atoms with Crippen LogP contribution >= 0.6 is 11.8 Å². The van der Waals surface area contributed by atoms with Crippen LogP contribution < -0.4 is 10.6 Å². The summed E-state index contributed by atoms with van der Waals surface area (Å²) in [6.45, 7) is 1.86. The van der Waals surface area contributed by atoms with Gasteiger partial charge in [-0.3, -0.25) is 0 Å². The normalized spacial score (nSPS) is 11.0. The first-order valence-corrected chi connectivity index (χ1v) is 9.12. The number of hydrogen-bond acceptors (Lipinski definition) is 8. The highest BCUT2D eigenvalue weighted by atomic mass is 32.2. The van der Waals surface area contributed by atoms with Crippen LogP contribution in [0.5, 0.6) is 5.75 Å². The van der Waals surface area contributed by atoms with Crippen LogP contribution in [0.2, 0.25) is 0 Å². The molecule has 4 aromatic rings. The van der Waals surface area contributed by atoms with Gasteiger partial charge in [0.1, 0.15) is 11.5 Å². The van der Waals surface area contributed by atoms with Gasteiger partial charge in [-0.2, -0.15) is 0 Å². The number of hydrogen-bond donors (Lipinski definition) is 1. The Balaban J connectivity index is 1.54. The molecule has 2 N–H and O–H groups in total. The van der Waals surface area contributed by atoms with Gasteiger partial charge < -0.3 is 19.4 Å². The highest BCUT2D eigenvalue weighted by Gasteiger charge is 2.18. The predicted molar refractivity (Wildman–Crippen MR) is 101 cm³/mol. The smallest absolute Gasteiger partial charge is 0.263 e. The summed E-state index contributed by atoms with van der Waals surface area (Å²) in [6.07, 6.45) is 1.58. The molecule has 0 aliphatic rings. The lowest BCUT2D eigenvalue weighted by molar-refractivity contribution is 0.416. The number of aromatic nitrogens is 4. The summed E-state index contributed by atoms with van der Waals surface area (Å²) in [5.41, 5.74) is 1.58. The van der Waals surface area contributed by atoms with Crippen molar-refractivity contribution in [2.24, 2.45) is 0 Å². The number of rotatable bonds is 6. The number of nitrogen functional groups attached to an aromatic ring is 1. The summed E-state index contributed by atoms with van der Waals surface area (Å²) >= 11 is 1.42. The molecule has 0 atom stereocenters. The first-order valence-electron chi connectivity index (χ1n) is 8.14. The van der Waals surface area contributed by atoms with Crippen molar-refractivity contribution in [2.75, 3.05) is 13.0 Å². The Morgan fingerprint density at radius 1 is 1.19 bits per heavy atom. The number of furan rings is 1. The fraction of sp³-hybridized carbons (Fsp3) is 0.167. The van der Waals surface area contributed by atoms with E-state index in [0.717, 1.165) is 17.0 Å². The van der Waals surface area contributed by atoms with Crippen LogP contribution in [-0.4, -0.2) is 27.0 Å². The van der Waals surface area contributed by atoms with Crippen molar-refractivity contribution in [3.8, 4) is 28.8 Å². The summed E-state index contributed by atoms with van der Waals surface area (Å²) in [4.78, 5) is 4.49. The molecule has 3 aromatic heterocycles. The Bertz CT molecular complexity index is 1060. The fourth-order valence-corrected chi connectivity index (χ4v) is 3.45. The highest BCUT2D eigenvalue weighted by Crippen LogP contribution is 2.31. The number of methoxy groups -OCH3 is 1. The van der Waals surface area contributed by atoms with Crippen molar-refractivity contribution in [3.63, 3.8) is 0 Å². The van der Waals surface area contributed by atoms with Crippen molar-refractivity contribution in [2.45, 2.75) is 17.8 Å². The highest BCUT2D eigenvalue weighted by molar-refractivity contribution is 7.98. The number of para-hydroxylation sites is 1. The second-order valence-corrected chi connectivity index (χ2v) is 6.61. The Labute approximate surface area is 159 Å². The van der Waals surface area contributed by atoms with Crippen molar-refractivity contribution in [1.82, 2.24) is 19.9 Å². The van der Waals surface area contributed by atoms with E-state index in [1.807, 2.05) is 31.2 Å². The quantitative estimate of drug-likeness (QED) is 0.398. The fourth-order valence-electron chi connectivity index (χ4n) is 2.59. The third-order valence-electron chi connectivity index (χ3n) is 3.98. The molecule has 8 nitrogen and oxygen atoms in total. The van der Waals surface area contributed by atoms with Crippen LogP contribution in [0.4, 0.5) is 0 Å². The molecule has 3 heterocycles. The van der Waals surface area contributed by atoms with Crippen LogP contribution in [-0.2, 0) is 5.75 Å². The van der Waals surface area contributed by atoms with Gasteiger partial charge in [-0.15, -0.1) is 10.2 Å². The number of oxazole rings is 1. The van der Waals surface area contributed by atoms with E-state index in [4.69, 9.17) is 19.4 Å². The number of nitrogens with two attached hydrogens (primary N) is 1. The number of benzene rings is 1. The second kappa shape index (κ2) is 7.20. The monoisotopic (exact) mass is 383 g/mol. The molecule has 0 radical (unpaired) electrons. The average Bonchev–Trinajstić information content (AvgIpc) is 3.41. The Hall–Kier alpha value is -3.20. The summed E-state index contributed by atoms with van der Waals surface area (Å²) in [6, 6.07) is 11.1. The largest absolute Gasteiger partial charge is 0.496 e. The van der Waals surface area contributed by atoms with E-state index < -0.39 is 0 Å². The van der Waals surface area contributed by atoms with Gasteiger partial charge in [0.05, 0.1) is 24.6 Å². The molecule has 0 fully saturated rings. The minimum Gasteiger partial charge on any atom is -0.496 e. The Morgan fingerprint density at radius 2 is 2.04 bits per heavy atom. The molecule has 0 spiro atoms. The predicted octanol–water partition coefficient (Wildman–Crippen LogP) is 3.52. The SMILES string of the molecule is COc1ccccc1-c1nnc(SCc2nc(-c3ccco3)oc2C)n1N. The molecular formula is C18H17N5O3S. The first kappa shape index (κ1) is 17.2. The van der Waals surface area contributed by atoms with Crippen LogP contribution in [0, 0.1) is 6.92 Å². The molecule has 0 bridgehead atoms. The van der Waals surface area contributed by atoms with Gasteiger partial charge in [0, 0.05) is 5.75 Å². The number of ether oxygens (including phenoxy) is 1. The van der Waals surface area contributed by atoms with E-state index in [9.17, 15) is 0 Å². The zero-order chi connectivity index (χ0) is 18.8. The second-order valence-electron chi connectivity index (χ2n) is 5.66. The van der Waals surface area contributed by atoms with Crippen LogP contribution in [0.25, 0.3) is 23.0 Å². The van der Waals surface area contributed by atoms with Crippen molar-refractivity contribution >= 4 is 11.8 Å². The summed E-state index contributed by atoms with van der Waals surface area (Å²) < 4.78 is 17.8.